The minimum atomic E-state index is -2.50. The van der Waals surface area contributed by atoms with Gasteiger partial charge in [-0.25, -0.2) is 0 Å². The van der Waals surface area contributed by atoms with Gasteiger partial charge in [0.2, 0.25) is 5.91 Å². The van der Waals surface area contributed by atoms with Gasteiger partial charge in [-0.1, -0.05) is 49.6 Å². The third kappa shape index (κ3) is 8.30. The van der Waals surface area contributed by atoms with Crippen molar-refractivity contribution < 1.29 is 19.3 Å². The van der Waals surface area contributed by atoms with Gasteiger partial charge in [-0.15, -0.1) is 0 Å². The van der Waals surface area contributed by atoms with Crippen molar-refractivity contribution in [2.75, 3.05) is 13.3 Å². The lowest BCUT2D eigenvalue weighted by Crippen LogP contribution is -2.28. The standard InChI is InChI=1S/C18H28NO4P/c1-24(2,23)18(15-11-7-6-8-12-15)19-16(20)13-9-4-3-5-10-14-17(21)22/h6-8,11-12,18H,3-5,9-10,13-14H2,1-2H3,(H,19,20)(H,21,22)/t18-/m1/s1. The van der Waals surface area contributed by atoms with Crippen molar-refractivity contribution in [1.29, 1.82) is 0 Å². The lowest BCUT2D eigenvalue weighted by atomic mass is 10.1. The Bertz CT molecular complexity index is 568. The molecule has 0 aromatic heterocycles. The Morgan fingerprint density at radius 3 is 2.08 bits per heavy atom. The highest BCUT2D eigenvalue weighted by Gasteiger charge is 2.26. The van der Waals surface area contributed by atoms with E-state index in [4.69, 9.17) is 5.11 Å². The van der Waals surface area contributed by atoms with E-state index in [1.807, 2.05) is 30.3 Å². The van der Waals surface area contributed by atoms with Gasteiger partial charge in [-0.05, 0) is 31.7 Å². The molecule has 134 valence electrons. The number of carbonyl (C=O) groups is 2. The molecule has 0 bridgehead atoms. The van der Waals surface area contributed by atoms with Crippen molar-refractivity contribution >= 4 is 19.0 Å². The maximum Gasteiger partial charge on any atom is 0.303 e. The van der Waals surface area contributed by atoms with Crippen LogP contribution in [0.2, 0.25) is 0 Å². The molecule has 0 saturated carbocycles. The van der Waals surface area contributed by atoms with Crippen LogP contribution in [0.4, 0.5) is 0 Å². The van der Waals surface area contributed by atoms with Gasteiger partial charge in [0, 0.05) is 12.8 Å². The lowest BCUT2D eigenvalue weighted by molar-refractivity contribution is -0.137. The summed E-state index contributed by atoms with van der Waals surface area (Å²) < 4.78 is 12.5. The highest BCUT2D eigenvalue weighted by Crippen LogP contribution is 2.50. The molecular formula is C18H28NO4P. The van der Waals surface area contributed by atoms with Crippen molar-refractivity contribution in [2.45, 2.75) is 50.7 Å². The van der Waals surface area contributed by atoms with E-state index in [2.05, 4.69) is 5.32 Å². The average molecular weight is 353 g/mol. The number of hydrogen-bond donors (Lipinski definition) is 2. The first kappa shape index (κ1) is 20.4. The summed E-state index contributed by atoms with van der Waals surface area (Å²) in [6.07, 6.45) is 4.77. The summed E-state index contributed by atoms with van der Waals surface area (Å²) >= 11 is 0. The Morgan fingerprint density at radius 2 is 1.54 bits per heavy atom. The van der Waals surface area contributed by atoms with Crippen LogP contribution in [0.3, 0.4) is 0 Å². The topological polar surface area (TPSA) is 83.5 Å². The largest absolute Gasteiger partial charge is 0.481 e. The van der Waals surface area contributed by atoms with Crippen molar-refractivity contribution in [1.82, 2.24) is 5.32 Å². The van der Waals surface area contributed by atoms with Crippen LogP contribution in [0.15, 0.2) is 30.3 Å². The van der Waals surface area contributed by atoms with E-state index in [0.29, 0.717) is 12.8 Å². The number of amides is 1. The highest BCUT2D eigenvalue weighted by atomic mass is 31.2. The van der Waals surface area contributed by atoms with E-state index in [9.17, 15) is 14.2 Å². The quantitative estimate of drug-likeness (QED) is 0.460. The number of aliphatic carboxylic acids is 1. The second-order valence-corrected chi connectivity index (χ2v) is 9.86. The normalized spacial score (nSPS) is 12.6. The van der Waals surface area contributed by atoms with E-state index >= 15 is 0 Å². The molecule has 0 aliphatic rings. The van der Waals surface area contributed by atoms with Crippen LogP contribution in [-0.2, 0) is 14.2 Å². The monoisotopic (exact) mass is 353 g/mol. The molecule has 0 fully saturated rings. The van der Waals surface area contributed by atoms with Crippen LogP contribution < -0.4 is 5.32 Å². The SMILES string of the molecule is CP(C)(=O)[C@@H](NC(=O)CCCCCCCC(=O)O)c1ccccc1. The Balaban J connectivity index is 2.36. The van der Waals surface area contributed by atoms with Gasteiger partial charge in [0.05, 0.1) is 0 Å². The molecule has 1 atom stereocenters. The highest BCUT2D eigenvalue weighted by molar-refractivity contribution is 7.62. The minimum Gasteiger partial charge on any atom is -0.481 e. The molecule has 0 radical (unpaired) electrons. The number of hydrogen-bond acceptors (Lipinski definition) is 3. The molecule has 1 aromatic rings. The number of benzene rings is 1. The smallest absolute Gasteiger partial charge is 0.303 e. The van der Waals surface area contributed by atoms with E-state index in [-0.39, 0.29) is 12.3 Å². The third-order valence-corrected chi connectivity index (χ3v) is 5.50. The summed E-state index contributed by atoms with van der Waals surface area (Å²) in [5.41, 5.74) is 0.868. The molecule has 0 spiro atoms. The summed E-state index contributed by atoms with van der Waals surface area (Å²) in [6, 6.07) is 9.41. The van der Waals surface area contributed by atoms with Crippen LogP contribution >= 0.6 is 7.14 Å². The van der Waals surface area contributed by atoms with Gasteiger partial charge in [-0.3, -0.25) is 9.59 Å². The third-order valence-electron chi connectivity index (χ3n) is 3.83. The number of carbonyl (C=O) groups excluding carboxylic acids is 1. The molecular weight excluding hydrogens is 325 g/mol. The number of carboxylic acids is 1. The summed E-state index contributed by atoms with van der Waals surface area (Å²) in [4.78, 5) is 22.5. The molecule has 1 rings (SSSR count). The predicted octanol–water partition coefficient (Wildman–Crippen LogP) is 4.24. The number of unbranched alkanes of at least 4 members (excludes halogenated alkanes) is 4. The van der Waals surface area contributed by atoms with Gasteiger partial charge in [-0.2, -0.15) is 0 Å². The molecule has 0 heterocycles. The van der Waals surface area contributed by atoms with Crippen LogP contribution in [0.5, 0.6) is 0 Å². The molecule has 0 unspecified atom stereocenters. The van der Waals surface area contributed by atoms with E-state index in [0.717, 1.165) is 31.2 Å². The zero-order chi connectivity index (χ0) is 18.0. The Morgan fingerprint density at radius 1 is 1.00 bits per heavy atom. The maximum absolute atomic E-state index is 12.5. The van der Waals surface area contributed by atoms with Crippen LogP contribution in [0, 0.1) is 0 Å². The van der Waals surface area contributed by atoms with Crippen molar-refractivity contribution in [2.24, 2.45) is 0 Å². The van der Waals surface area contributed by atoms with Gasteiger partial charge >= 0.3 is 5.97 Å². The lowest BCUT2D eigenvalue weighted by Gasteiger charge is -2.23. The number of carboxylic acid groups (broad SMARTS) is 1. The molecule has 0 aliphatic carbocycles. The van der Waals surface area contributed by atoms with Gasteiger partial charge in [0.1, 0.15) is 12.9 Å². The van der Waals surface area contributed by atoms with E-state index in [1.165, 1.54) is 0 Å². The molecule has 24 heavy (non-hydrogen) atoms. The molecule has 0 aliphatic heterocycles. The fourth-order valence-corrected chi connectivity index (χ4v) is 3.89. The minimum absolute atomic E-state index is 0.0849. The van der Waals surface area contributed by atoms with Crippen LogP contribution in [0.1, 0.15) is 56.3 Å². The molecule has 1 aromatic carbocycles. The van der Waals surface area contributed by atoms with Crippen molar-refractivity contribution in [3.8, 4) is 0 Å². The van der Waals surface area contributed by atoms with E-state index in [1.54, 1.807) is 13.3 Å². The molecule has 6 heteroatoms. The van der Waals surface area contributed by atoms with Gasteiger partial charge < -0.3 is 15.0 Å². The zero-order valence-electron chi connectivity index (χ0n) is 14.5. The predicted molar refractivity (Wildman–Crippen MR) is 96.7 cm³/mol. The molecule has 0 saturated heterocycles. The summed E-state index contributed by atoms with van der Waals surface area (Å²) in [6.45, 7) is 3.38. The molecule has 1 amide bonds. The van der Waals surface area contributed by atoms with Gasteiger partial charge in [0.25, 0.3) is 0 Å². The van der Waals surface area contributed by atoms with Crippen molar-refractivity contribution in [3.05, 3.63) is 35.9 Å². The van der Waals surface area contributed by atoms with E-state index < -0.39 is 18.9 Å². The first-order valence-corrected chi connectivity index (χ1v) is 11.1. The summed E-state index contributed by atoms with van der Waals surface area (Å²) in [5, 5.41) is 11.5. The first-order chi connectivity index (χ1) is 11.3. The second-order valence-electron chi connectivity index (χ2n) is 6.48. The number of nitrogens with one attached hydrogen (secondary N) is 1. The van der Waals surface area contributed by atoms with Gasteiger partial charge in [0.15, 0.2) is 0 Å². The average Bonchev–Trinajstić information content (AvgIpc) is 2.51. The fourth-order valence-electron chi connectivity index (χ4n) is 2.55. The Kier molecular flexibility index (Phi) is 8.77. The zero-order valence-corrected chi connectivity index (χ0v) is 15.4. The summed E-state index contributed by atoms with van der Waals surface area (Å²) in [7, 11) is -2.50. The van der Waals surface area contributed by atoms with Crippen LogP contribution in [0.25, 0.3) is 0 Å². The summed E-state index contributed by atoms with van der Waals surface area (Å²) in [5.74, 6) is -1.29. The first-order valence-electron chi connectivity index (χ1n) is 8.41. The number of rotatable bonds is 11. The maximum atomic E-state index is 12.5. The molecule has 2 N–H and O–H groups in total. The Labute approximate surface area is 144 Å². The van der Waals surface area contributed by atoms with Crippen LogP contribution in [-0.4, -0.2) is 30.3 Å². The second kappa shape index (κ2) is 10.3. The fraction of sp³-hybridized carbons (Fsp3) is 0.556. The Hall–Kier alpha value is -1.61. The molecule has 5 nitrogen and oxygen atoms in total. The van der Waals surface area contributed by atoms with Crippen molar-refractivity contribution in [3.63, 3.8) is 0 Å².